The van der Waals surface area contributed by atoms with Crippen molar-refractivity contribution in [3.8, 4) is 0 Å². The minimum Gasteiger partial charge on any atom is -0.480 e. The van der Waals surface area contributed by atoms with Gasteiger partial charge in [-0.05, 0) is 5.56 Å². The number of hydrogen-bond acceptors (Lipinski definition) is 2. The third kappa shape index (κ3) is 3.53. The molecular weight excluding hydrogens is 268 g/mol. The number of rotatable bonds is 5. The fourth-order valence-corrected chi connectivity index (χ4v) is 2.19. The Morgan fingerprint density at radius 2 is 1.90 bits per heavy atom. The summed E-state index contributed by atoms with van der Waals surface area (Å²) in [5.74, 6) is -5.37. The van der Waals surface area contributed by atoms with E-state index in [1.54, 1.807) is 30.3 Å². The summed E-state index contributed by atoms with van der Waals surface area (Å²) in [6.07, 6.45) is -0.877. The van der Waals surface area contributed by atoms with Crippen LogP contribution in [0.3, 0.4) is 0 Å². The Labute approximate surface area is 114 Å². The lowest BCUT2D eigenvalue weighted by atomic mass is 9.80. The molecule has 4 nitrogen and oxygen atoms in total. The lowest BCUT2D eigenvalue weighted by Gasteiger charge is -2.34. The third-order valence-electron chi connectivity index (χ3n) is 3.36. The Kier molecular flexibility index (Phi) is 4.01. The number of halogens is 2. The second-order valence-electron chi connectivity index (χ2n) is 5.05. The first-order valence-corrected chi connectivity index (χ1v) is 6.32. The van der Waals surface area contributed by atoms with Crippen LogP contribution in [0.5, 0.6) is 0 Å². The summed E-state index contributed by atoms with van der Waals surface area (Å²) < 4.78 is 25.4. The Morgan fingerprint density at radius 1 is 1.30 bits per heavy atom. The Balaban J connectivity index is 1.93. The predicted octanol–water partition coefficient (Wildman–Crippen LogP) is 1.84. The van der Waals surface area contributed by atoms with E-state index in [-0.39, 0.29) is 6.42 Å². The summed E-state index contributed by atoms with van der Waals surface area (Å²) in [6, 6.07) is 7.73. The third-order valence-corrected chi connectivity index (χ3v) is 3.36. The maximum atomic E-state index is 12.7. The molecule has 0 heterocycles. The van der Waals surface area contributed by atoms with Crippen LogP contribution in [-0.4, -0.2) is 28.9 Å². The van der Waals surface area contributed by atoms with Crippen molar-refractivity contribution in [3.05, 3.63) is 35.9 Å². The van der Waals surface area contributed by atoms with E-state index in [0.717, 1.165) is 5.56 Å². The molecule has 1 aliphatic carbocycles. The molecule has 0 spiro atoms. The Bertz CT molecular complexity index is 496. The van der Waals surface area contributed by atoms with Crippen LogP contribution in [0.2, 0.25) is 0 Å². The van der Waals surface area contributed by atoms with Crippen molar-refractivity contribution in [3.63, 3.8) is 0 Å². The first-order valence-electron chi connectivity index (χ1n) is 6.32. The molecule has 20 heavy (non-hydrogen) atoms. The number of carboxylic acids is 1. The van der Waals surface area contributed by atoms with Crippen molar-refractivity contribution < 1.29 is 23.5 Å². The van der Waals surface area contributed by atoms with Crippen LogP contribution < -0.4 is 5.32 Å². The number of benzene rings is 1. The first kappa shape index (κ1) is 14.4. The molecule has 0 saturated heterocycles. The number of carbonyl (C=O) groups is 2. The minimum absolute atomic E-state index is 0.130. The largest absolute Gasteiger partial charge is 0.480 e. The highest BCUT2D eigenvalue weighted by Crippen LogP contribution is 2.42. The van der Waals surface area contributed by atoms with Crippen molar-refractivity contribution in [1.82, 2.24) is 5.32 Å². The van der Waals surface area contributed by atoms with E-state index < -0.39 is 42.6 Å². The number of alkyl halides is 2. The van der Waals surface area contributed by atoms with Crippen LogP contribution >= 0.6 is 0 Å². The second-order valence-corrected chi connectivity index (χ2v) is 5.05. The van der Waals surface area contributed by atoms with Gasteiger partial charge >= 0.3 is 5.97 Å². The van der Waals surface area contributed by atoms with Gasteiger partial charge in [-0.3, -0.25) is 4.79 Å². The molecule has 1 amide bonds. The van der Waals surface area contributed by atoms with E-state index in [0.29, 0.717) is 0 Å². The predicted molar refractivity (Wildman–Crippen MR) is 67.4 cm³/mol. The lowest BCUT2D eigenvalue weighted by molar-refractivity contribution is -0.153. The molecule has 108 valence electrons. The zero-order valence-electron chi connectivity index (χ0n) is 10.7. The number of carbonyl (C=O) groups excluding carboxylic acids is 1. The lowest BCUT2D eigenvalue weighted by Crippen LogP contribution is -2.50. The van der Waals surface area contributed by atoms with Gasteiger partial charge < -0.3 is 10.4 Å². The van der Waals surface area contributed by atoms with E-state index >= 15 is 0 Å². The van der Waals surface area contributed by atoms with E-state index in [1.165, 1.54) is 0 Å². The summed E-state index contributed by atoms with van der Waals surface area (Å²) in [5.41, 5.74) is 0.763. The standard InChI is InChI=1S/C14H15F2NO3/c15-14(16)7-10(8-14)12(18)17-11(13(19)20)6-9-4-2-1-3-5-9/h1-5,10-11H,6-8H2,(H,17,18)(H,19,20)/t11-/m0/s1. The summed E-state index contributed by atoms with van der Waals surface area (Å²) in [5, 5.41) is 11.4. The fourth-order valence-electron chi connectivity index (χ4n) is 2.19. The monoisotopic (exact) mass is 283 g/mol. The van der Waals surface area contributed by atoms with Crippen molar-refractivity contribution in [2.24, 2.45) is 5.92 Å². The molecule has 0 aliphatic heterocycles. The highest BCUT2D eigenvalue weighted by molar-refractivity contribution is 5.85. The maximum Gasteiger partial charge on any atom is 0.326 e. The molecule has 1 atom stereocenters. The topological polar surface area (TPSA) is 66.4 Å². The number of amides is 1. The second kappa shape index (κ2) is 5.56. The van der Waals surface area contributed by atoms with Gasteiger partial charge in [-0.2, -0.15) is 0 Å². The zero-order chi connectivity index (χ0) is 14.8. The van der Waals surface area contributed by atoms with E-state index in [2.05, 4.69) is 5.32 Å². The van der Waals surface area contributed by atoms with Crippen molar-refractivity contribution in [2.75, 3.05) is 0 Å². The quantitative estimate of drug-likeness (QED) is 0.866. The molecule has 1 saturated carbocycles. The summed E-state index contributed by atoms with van der Waals surface area (Å²) in [4.78, 5) is 22.8. The first-order chi connectivity index (χ1) is 9.37. The number of aliphatic carboxylic acids is 1. The van der Waals surface area contributed by atoms with Crippen molar-refractivity contribution in [1.29, 1.82) is 0 Å². The Morgan fingerprint density at radius 3 is 2.40 bits per heavy atom. The zero-order valence-corrected chi connectivity index (χ0v) is 10.7. The van der Waals surface area contributed by atoms with Crippen LogP contribution in [0.1, 0.15) is 18.4 Å². The van der Waals surface area contributed by atoms with Crippen LogP contribution in [0.25, 0.3) is 0 Å². The molecule has 0 radical (unpaired) electrons. The minimum atomic E-state index is -2.79. The fraction of sp³-hybridized carbons (Fsp3) is 0.429. The molecule has 0 bridgehead atoms. The van der Waals surface area contributed by atoms with E-state index in [9.17, 15) is 18.4 Å². The van der Waals surface area contributed by atoms with Gasteiger partial charge in [0.1, 0.15) is 6.04 Å². The summed E-state index contributed by atoms with van der Waals surface area (Å²) in [7, 11) is 0. The molecule has 1 fully saturated rings. The summed E-state index contributed by atoms with van der Waals surface area (Å²) >= 11 is 0. The summed E-state index contributed by atoms with van der Waals surface area (Å²) in [6.45, 7) is 0. The van der Waals surface area contributed by atoms with Crippen LogP contribution in [0.4, 0.5) is 8.78 Å². The van der Waals surface area contributed by atoms with Crippen molar-refractivity contribution in [2.45, 2.75) is 31.2 Å². The van der Waals surface area contributed by atoms with Gasteiger partial charge in [-0.25, -0.2) is 13.6 Å². The molecule has 0 unspecified atom stereocenters. The Hall–Kier alpha value is -1.98. The van der Waals surface area contributed by atoms with Gasteiger partial charge in [-0.15, -0.1) is 0 Å². The number of carboxylic acid groups (broad SMARTS) is 1. The highest BCUT2D eigenvalue weighted by atomic mass is 19.3. The molecule has 6 heteroatoms. The molecule has 2 N–H and O–H groups in total. The van der Waals surface area contributed by atoms with Crippen LogP contribution in [-0.2, 0) is 16.0 Å². The average molecular weight is 283 g/mol. The van der Waals surface area contributed by atoms with Crippen LogP contribution in [0.15, 0.2) is 30.3 Å². The van der Waals surface area contributed by atoms with Crippen LogP contribution in [0, 0.1) is 5.92 Å². The molecule has 1 aliphatic rings. The number of nitrogens with one attached hydrogen (secondary N) is 1. The normalized spacial score (nSPS) is 18.9. The van der Waals surface area contributed by atoms with Gasteiger partial charge in [0.15, 0.2) is 0 Å². The number of hydrogen-bond donors (Lipinski definition) is 2. The van der Waals surface area contributed by atoms with Gasteiger partial charge in [0.05, 0.1) is 0 Å². The van der Waals surface area contributed by atoms with Gasteiger partial charge in [-0.1, -0.05) is 30.3 Å². The van der Waals surface area contributed by atoms with Gasteiger partial charge in [0.25, 0.3) is 0 Å². The van der Waals surface area contributed by atoms with E-state index in [4.69, 9.17) is 5.11 Å². The van der Waals surface area contributed by atoms with Gasteiger partial charge in [0.2, 0.25) is 11.8 Å². The van der Waals surface area contributed by atoms with Crippen molar-refractivity contribution >= 4 is 11.9 Å². The highest BCUT2D eigenvalue weighted by Gasteiger charge is 2.49. The average Bonchev–Trinajstić information content (AvgIpc) is 2.36. The molecule has 0 aromatic heterocycles. The van der Waals surface area contributed by atoms with Gasteiger partial charge in [0, 0.05) is 25.2 Å². The smallest absolute Gasteiger partial charge is 0.326 e. The molecule has 2 rings (SSSR count). The maximum absolute atomic E-state index is 12.7. The van der Waals surface area contributed by atoms with E-state index in [1.807, 2.05) is 0 Å². The molecular formula is C14H15F2NO3. The SMILES string of the molecule is O=C(N[C@@H](Cc1ccccc1)C(=O)O)C1CC(F)(F)C1. The molecule has 1 aromatic rings. The molecule has 1 aromatic carbocycles.